The van der Waals surface area contributed by atoms with Crippen LogP contribution in [0.25, 0.3) is 0 Å². The molecule has 0 radical (unpaired) electrons. The van der Waals surface area contributed by atoms with Crippen molar-refractivity contribution in [1.82, 2.24) is 0 Å². The third-order valence-electron chi connectivity index (χ3n) is 7.92. The van der Waals surface area contributed by atoms with Gasteiger partial charge in [-0.05, 0) is 65.9 Å². The molecule has 2 aliphatic rings. The molecule has 0 spiro atoms. The van der Waals surface area contributed by atoms with Gasteiger partial charge in [-0.25, -0.2) is 4.90 Å². The molecule has 0 N–H and O–H groups in total. The summed E-state index contributed by atoms with van der Waals surface area (Å²) in [4.78, 5) is 30.2. The van der Waals surface area contributed by atoms with E-state index in [0.717, 1.165) is 27.8 Å². The lowest BCUT2D eigenvalue weighted by Gasteiger charge is -2.31. The average Bonchev–Trinajstić information content (AvgIpc) is 3.47. The Bertz CT molecular complexity index is 1420. The highest BCUT2D eigenvalue weighted by Crippen LogP contribution is 2.77. The molecule has 2 fully saturated rings. The van der Waals surface area contributed by atoms with Crippen LogP contribution in [0.5, 0.6) is 0 Å². The standard InChI is InChI=1S/C31H24ClNO2/c1-20-13-18-26(19-21(20)2)33-28(34)27-30(22-9-5-3-6-10-22,23-11-7-4-8-12-23)31(27,29(33)35)24-14-16-25(32)17-15-24/h3-19,27H,1-2H3. The maximum atomic E-state index is 14.6. The maximum Gasteiger partial charge on any atom is 0.246 e. The van der Waals surface area contributed by atoms with Gasteiger partial charge in [0.1, 0.15) is 5.41 Å². The van der Waals surface area contributed by atoms with Gasteiger partial charge < -0.3 is 0 Å². The number of benzene rings is 4. The van der Waals surface area contributed by atoms with E-state index >= 15 is 0 Å². The number of carbonyl (C=O) groups is 2. The van der Waals surface area contributed by atoms with Crippen LogP contribution < -0.4 is 4.90 Å². The molecule has 2 amide bonds. The zero-order valence-corrected chi connectivity index (χ0v) is 20.3. The Hall–Kier alpha value is -3.69. The SMILES string of the molecule is Cc1ccc(N2C(=O)C3C(c4ccc(Cl)cc4)(C2=O)C3(c2ccccc2)c2ccccc2)cc1C. The summed E-state index contributed by atoms with van der Waals surface area (Å²) in [6.45, 7) is 4.02. The molecule has 4 aromatic carbocycles. The largest absolute Gasteiger partial charge is 0.274 e. The topological polar surface area (TPSA) is 37.4 Å². The fourth-order valence-electron chi connectivity index (χ4n) is 6.24. The Kier molecular flexibility index (Phi) is 4.77. The minimum atomic E-state index is -1.06. The summed E-state index contributed by atoms with van der Waals surface area (Å²) in [7, 11) is 0. The molecule has 1 aliphatic heterocycles. The quantitative estimate of drug-likeness (QED) is 0.320. The Balaban J connectivity index is 1.64. The third-order valence-corrected chi connectivity index (χ3v) is 8.17. The average molecular weight is 478 g/mol. The first kappa shape index (κ1) is 21.8. The van der Waals surface area contributed by atoms with Crippen LogP contribution in [0, 0.1) is 19.8 Å². The molecule has 172 valence electrons. The molecule has 35 heavy (non-hydrogen) atoms. The van der Waals surface area contributed by atoms with Crippen molar-refractivity contribution < 1.29 is 9.59 Å². The molecule has 2 unspecified atom stereocenters. The van der Waals surface area contributed by atoms with Crippen molar-refractivity contribution in [2.75, 3.05) is 4.90 Å². The second-order valence-corrected chi connectivity index (χ2v) is 9.97. The zero-order chi connectivity index (χ0) is 24.4. The van der Waals surface area contributed by atoms with Gasteiger partial charge in [-0.15, -0.1) is 0 Å². The highest BCUT2D eigenvalue weighted by atomic mass is 35.5. The second-order valence-electron chi connectivity index (χ2n) is 9.54. The van der Waals surface area contributed by atoms with E-state index < -0.39 is 16.7 Å². The fraction of sp³-hybridized carbons (Fsp3) is 0.161. The molecule has 1 aliphatic carbocycles. The summed E-state index contributed by atoms with van der Waals surface area (Å²) in [6, 6.07) is 33.1. The monoisotopic (exact) mass is 477 g/mol. The van der Waals surface area contributed by atoms with Crippen LogP contribution in [0.2, 0.25) is 5.02 Å². The molecule has 1 saturated heterocycles. The van der Waals surface area contributed by atoms with Crippen molar-refractivity contribution in [3.63, 3.8) is 0 Å². The number of carbonyl (C=O) groups excluding carboxylic acids is 2. The van der Waals surface area contributed by atoms with Crippen LogP contribution in [0.15, 0.2) is 103 Å². The second kappa shape index (κ2) is 7.66. The number of imide groups is 1. The van der Waals surface area contributed by atoms with E-state index in [1.807, 2.05) is 105 Å². The zero-order valence-electron chi connectivity index (χ0n) is 19.5. The van der Waals surface area contributed by atoms with E-state index in [1.165, 1.54) is 4.90 Å². The molecule has 0 aromatic heterocycles. The van der Waals surface area contributed by atoms with Gasteiger partial charge in [0.2, 0.25) is 11.8 Å². The molecule has 4 aromatic rings. The summed E-state index contributed by atoms with van der Waals surface area (Å²) in [5.41, 5.74) is 3.67. The molecule has 0 bridgehead atoms. The number of anilines is 1. The van der Waals surface area contributed by atoms with Gasteiger partial charge in [0.05, 0.1) is 17.0 Å². The maximum absolute atomic E-state index is 14.6. The normalized spacial score (nSPS) is 22.3. The fourth-order valence-corrected chi connectivity index (χ4v) is 6.37. The number of halogens is 1. The van der Waals surface area contributed by atoms with E-state index in [9.17, 15) is 9.59 Å². The molecule has 6 rings (SSSR count). The predicted octanol–water partition coefficient (Wildman–Crippen LogP) is 6.38. The Morgan fingerprint density at radius 1 is 0.657 bits per heavy atom. The molecule has 1 saturated carbocycles. The van der Waals surface area contributed by atoms with Crippen LogP contribution in [0.1, 0.15) is 27.8 Å². The van der Waals surface area contributed by atoms with Crippen molar-refractivity contribution in [2.24, 2.45) is 5.92 Å². The van der Waals surface area contributed by atoms with Gasteiger partial charge in [-0.1, -0.05) is 90.5 Å². The third kappa shape index (κ3) is 2.73. The molecule has 2 atom stereocenters. The number of piperidine rings is 1. The van der Waals surface area contributed by atoms with Gasteiger partial charge in [-0.2, -0.15) is 0 Å². The number of amides is 2. The van der Waals surface area contributed by atoms with Crippen molar-refractivity contribution >= 4 is 29.1 Å². The van der Waals surface area contributed by atoms with Crippen molar-refractivity contribution in [1.29, 1.82) is 0 Å². The van der Waals surface area contributed by atoms with Gasteiger partial charge in [0, 0.05) is 5.02 Å². The van der Waals surface area contributed by atoms with Crippen LogP contribution in [-0.4, -0.2) is 11.8 Å². The highest BCUT2D eigenvalue weighted by Gasteiger charge is 2.89. The smallest absolute Gasteiger partial charge is 0.246 e. The van der Waals surface area contributed by atoms with Gasteiger partial charge >= 0.3 is 0 Å². The van der Waals surface area contributed by atoms with Gasteiger partial charge in [-0.3, -0.25) is 9.59 Å². The first-order valence-electron chi connectivity index (χ1n) is 11.8. The first-order valence-corrected chi connectivity index (χ1v) is 12.1. The summed E-state index contributed by atoms with van der Waals surface area (Å²) in [5, 5.41) is 0.593. The lowest BCUT2D eigenvalue weighted by molar-refractivity contribution is -0.124. The number of aryl methyl sites for hydroxylation is 2. The van der Waals surface area contributed by atoms with Gasteiger partial charge in [0.25, 0.3) is 0 Å². The lowest BCUT2D eigenvalue weighted by atomic mass is 9.76. The van der Waals surface area contributed by atoms with E-state index in [-0.39, 0.29) is 11.8 Å². The summed E-state index contributed by atoms with van der Waals surface area (Å²) in [5.74, 6) is -0.915. The summed E-state index contributed by atoms with van der Waals surface area (Å²) in [6.07, 6.45) is 0. The number of fused-ring (bicyclic) bond motifs is 1. The van der Waals surface area contributed by atoms with Crippen molar-refractivity contribution in [3.05, 3.63) is 136 Å². The number of rotatable bonds is 4. The first-order chi connectivity index (χ1) is 16.9. The van der Waals surface area contributed by atoms with Crippen LogP contribution in [0.4, 0.5) is 5.69 Å². The summed E-state index contributed by atoms with van der Waals surface area (Å²) >= 11 is 6.24. The Morgan fingerprint density at radius 2 is 1.20 bits per heavy atom. The summed E-state index contributed by atoms with van der Waals surface area (Å²) < 4.78 is 0. The minimum absolute atomic E-state index is 0.166. The van der Waals surface area contributed by atoms with Crippen LogP contribution in [-0.2, 0) is 20.4 Å². The number of nitrogens with zero attached hydrogens (tertiary/aromatic N) is 1. The van der Waals surface area contributed by atoms with E-state index in [2.05, 4.69) is 0 Å². The highest BCUT2D eigenvalue weighted by molar-refractivity contribution is 6.32. The molecular formula is C31H24ClNO2. The Morgan fingerprint density at radius 3 is 1.74 bits per heavy atom. The number of hydrogen-bond donors (Lipinski definition) is 0. The van der Waals surface area contributed by atoms with E-state index in [1.54, 1.807) is 12.1 Å². The van der Waals surface area contributed by atoms with Crippen LogP contribution in [0.3, 0.4) is 0 Å². The molecule has 3 nitrogen and oxygen atoms in total. The van der Waals surface area contributed by atoms with Crippen LogP contribution >= 0.6 is 11.6 Å². The van der Waals surface area contributed by atoms with E-state index in [4.69, 9.17) is 11.6 Å². The predicted molar refractivity (Wildman–Crippen MR) is 139 cm³/mol. The number of hydrogen-bond acceptors (Lipinski definition) is 2. The van der Waals surface area contributed by atoms with Crippen molar-refractivity contribution in [3.8, 4) is 0 Å². The van der Waals surface area contributed by atoms with E-state index in [0.29, 0.717) is 10.7 Å². The van der Waals surface area contributed by atoms with Crippen molar-refractivity contribution in [2.45, 2.75) is 24.7 Å². The lowest BCUT2D eigenvalue weighted by Crippen LogP contribution is -2.44. The molecule has 4 heteroatoms. The molecule has 1 heterocycles. The minimum Gasteiger partial charge on any atom is -0.274 e. The Labute approximate surface area is 210 Å². The van der Waals surface area contributed by atoms with Gasteiger partial charge in [0.15, 0.2) is 0 Å². The molecular weight excluding hydrogens is 454 g/mol.